The summed E-state index contributed by atoms with van der Waals surface area (Å²) in [6.45, 7) is 2.37. The number of nitro groups is 1. The summed E-state index contributed by atoms with van der Waals surface area (Å²) in [5.41, 5.74) is 1.44. The number of ketones is 1. The number of pyridine rings is 1. The molecule has 2 aromatic heterocycles. The number of nitrogens with zero attached hydrogens (tertiary/aromatic N) is 5. The Morgan fingerprint density at radius 2 is 1.97 bits per heavy atom. The largest absolute Gasteiger partial charge is 0.505 e. The Morgan fingerprint density at radius 3 is 2.67 bits per heavy atom. The van der Waals surface area contributed by atoms with Gasteiger partial charge in [-0.15, -0.1) is 0 Å². The number of imidazole rings is 1. The number of likely N-dealkylation sites (tertiary alicyclic amines) is 1. The van der Waals surface area contributed by atoms with Gasteiger partial charge in [0.1, 0.15) is 11.3 Å². The Labute approximate surface area is 189 Å². The molecule has 0 spiro atoms. The van der Waals surface area contributed by atoms with Gasteiger partial charge in [0.2, 0.25) is 0 Å². The highest BCUT2D eigenvalue weighted by atomic mass is 16.6. The number of carbonyl (C=O) groups excluding carboxylic acids is 2. The van der Waals surface area contributed by atoms with E-state index in [0.29, 0.717) is 29.1 Å². The molecule has 0 radical (unpaired) electrons. The van der Waals surface area contributed by atoms with Gasteiger partial charge in [0.15, 0.2) is 5.76 Å². The number of carbonyl (C=O) groups is 2. The van der Waals surface area contributed by atoms with Gasteiger partial charge in [-0.1, -0.05) is 18.2 Å². The molecule has 10 nitrogen and oxygen atoms in total. The first-order valence-corrected chi connectivity index (χ1v) is 10.3. The summed E-state index contributed by atoms with van der Waals surface area (Å²) in [4.78, 5) is 44.6. The molecular weight excluding hydrogens is 426 g/mol. The number of benzene rings is 1. The molecule has 4 rings (SSSR count). The average Bonchev–Trinajstić information content (AvgIpc) is 3.25. The van der Waals surface area contributed by atoms with Crippen LogP contribution in [0.15, 0.2) is 54.2 Å². The summed E-state index contributed by atoms with van der Waals surface area (Å²) in [6, 6.07) is 10.1. The predicted octanol–water partition coefficient (Wildman–Crippen LogP) is 2.53. The van der Waals surface area contributed by atoms with Gasteiger partial charge in [-0.05, 0) is 38.7 Å². The lowest BCUT2D eigenvalue weighted by Gasteiger charge is -2.26. The van der Waals surface area contributed by atoms with Crippen LogP contribution in [0.2, 0.25) is 0 Å². The number of aromatic nitrogens is 2. The molecule has 0 aliphatic carbocycles. The van der Waals surface area contributed by atoms with Crippen LogP contribution in [0.4, 0.5) is 5.69 Å². The number of non-ortho nitro benzene ring substituents is 1. The summed E-state index contributed by atoms with van der Waals surface area (Å²) in [7, 11) is 3.67. The van der Waals surface area contributed by atoms with Crippen molar-refractivity contribution in [1.29, 1.82) is 0 Å². The standard InChI is InChI=1S/C23H23N5O5/c1-14-19(26-10-5-4-9-17(26)24-14)21(29)18-20(15-7-6-8-16(13-15)28(32)33)27(12-11-25(2)3)23(31)22(18)30/h4-10,13,20,29H,11-12H2,1-3H3/t20-/m1/s1. The van der Waals surface area contributed by atoms with Crippen molar-refractivity contribution in [3.05, 3.63) is 81.3 Å². The molecule has 0 unspecified atom stereocenters. The van der Waals surface area contributed by atoms with Gasteiger partial charge < -0.3 is 14.9 Å². The van der Waals surface area contributed by atoms with Crippen LogP contribution in [0.25, 0.3) is 11.4 Å². The zero-order valence-electron chi connectivity index (χ0n) is 18.4. The molecule has 1 fully saturated rings. The minimum Gasteiger partial charge on any atom is -0.505 e. The van der Waals surface area contributed by atoms with E-state index in [2.05, 4.69) is 4.98 Å². The number of amides is 1. The highest BCUT2D eigenvalue weighted by Gasteiger charge is 2.46. The molecule has 0 saturated carbocycles. The number of Topliss-reactive ketones (excluding diaryl/α,β-unsaturated/α-hetero) is 1. The Hall–Kier alpha value is -4.05. The third-order valence-electron chi connectivity index (χ3n) is 5.65. The van der Waals surface area contributed by atoms with E-state index in [1.54, 1.807) is 41.8 Å². The van der Waals surface area contributed by atoms with Gasteiger partial charge in [-0.3, -0.25) is 24.1 Å². The number of aryl methyl sites for hydroxylation is 1. The molecular formula is C23H23N5O5. The zero-order valence-corrected chi connectivity index (χ0v) is 18.4. The maximum Gasteiger partial charge on any atom is 0.295 e. The van der Waals surface area contributed by atoms with E-state index < -0.39 is 22.7 Å². The van der Waals surface area contributed by atoms with Crippen LogP contribution >= 0.6 is 0 Å². The molecule has 3 heterocycles. The smallest absolute Gasteiger partial charge is 0.295 e. The van der Waals surface area contributed by atoms with Gasteiger partial charge in [-0.25, -0.2) is 4.98 Å². The molecule has 170 valence electrons. The van der Waals surface area contributed by atoms with E-state index in [1.807, 2.05) is 19.0 Å². The molecule has 1 atom stereocenters. The Kier molecular flexibility index (Phi) is 5.69. The molecule has 1 saturated heterocycles. The van der Waals surface area contributed by atoms with Crippen LogP contribution in [0.5, 0.6) is 0 Å². The lowest BCUT2D eigenvalue weighted by atomic mass is 9.96. The van der Waals surface area contributed by atoms with Crippen molar-refractivity contribution in [3.8, 4) is 0 Å². The van der Waals surface area contributed by atoms with Crippen LogP contribution in [-0.2, 0) is 9.59 Å². The van der Waals surface area contributed by atoms with Crippen molar-refractivity contribution in [2.75, 3.05) is 27.2 Å². The van der Waals surface area contributed by atoms with Crippen LogP contribution < -0.4 is 0 Å². The van der Waals surface area contributed by atoms with Crippen molar-refractivity contribution >= 4 is 28.8 Å². The number of hydrogen-bond acceptors (Lipinski definition) is 7. The molecule has 3 aromatic rings. The predicted molar refractivity (Wildman–Crippen MR) is 121 cm³/mol. The van der Waals surface area contributed by atoms with Crippen molar-refractivity contribution < 1.29 is 19.6 Å². The summed E-state index contributed by atoms with van der Waals surface area (Å²) in [5, 5.41) is 22.7. The molecule has 1 amide bonds. The van der Waals surface area contributed by atoms with Gasteiger partial charge in [0.25, 0.3) is 17.4 Å². The normalized spacial score (nSPS) is 17.9. The molecule has 1 N–H and O–H groups in total. The van der Waals surface area contributed by atoms with E-state index in [-0.39, 0.29) is 23.6 Å². The average molecular weight is 449 g/mol. The molecule has 0 bridgehead atoms. The fourth-order valence-corrected chi connectivity index (χ4v) is 4.10. The number of aliphatic hydroxyl groups is 1. The first-order chi connectivity index (χ1) is 15.7. The number of fused-ring (bicyclic) bond motifs is 1. The zero-order chi connectivity index (χ0) is 23.9. The topological polar surface area (TPSA) is 121 Å². The maximum absolute atomic E-state index is 13.2. The quantitative estimate of drug-likeness (QED) is 0.202. The van der Waals surface area contributed by atoms with Crippen LogP contribution in [0.3, 0.4) is 0 Å². The lowest BCUT2D eigenvalue weighted by Crippen LogP contribution is -2.35. The van der Waals surface area contributed by atoms with Crippen molar-refractivity contribution in [2.24, 2.45) is 0 Å². The van der Waals surface area contributed by atoms with Crippen molar-refractivity contribution in [2.45, 2.75) is 13.0 Å². The second kappa shape index (κ2) is 8.47. The fourth-order valence-electron chi connectivity index (χ4n) is 4.10. The molecule has 1 aliphatic rings. The van der Waals surface area contributed by atoms with Crippen LogP contribution in [0.1, 0.15) is 23.0 Å². The van der Waals surface area contributed by atoms with Crippen molar-refractivity contribution in [3.63, 3.8) is 0 Å². The number of rotatable bonds is 6. The van der Waals surface area contributed by atoms with E-state index in [1.165, 1.54) is 23.1 Å². The first kappa shape index (κ1) is 22.2. The lowest BCUT2D eigenvalue weighted by molar-refractivity contribution is -0.384. The molecule has 1 aromatic carbocycles. The Bertz CT molecular complexity index is 1310. The summed E-state index contributed by atoms with van der Waals surface area (Å²) >= 11 is 0. The summed E-state index contributed by atoms with van der Waals surface area (Å²) in [5.74, 6) is -1.97. The monoisotopic (exact) mass is 449 g/mol. The fraction of sp³-hybridized carbons (Fsp3) is 0.261. The second-order valence-corrected chi connectivity index (χ2v) is 8.12. The minimum atomic E-state index is -0.974. The van der Waals surface area contributed by atoms with Crippen LogP contribution in [-0.4, -0.2) is 68.1 Å². The SMILES string of the molecule is Cc1nc2ccccn2c1C(O)=C1C(=O)C(=O)N(CCN(C)C)[C@@H]1c1cccc([N+](=O)[O-])c1. The van der Waals surface area contributed by atoms with Gasteiger partial charge in [0, 0.05) is 31.4 Å². The third-order valence-corrected chi connectivity index (χ3v) is 5.65. The second-order valence-electron chi connectivity index (χ2n) is 8.12. The number of hydrogen-bond donors (Lipinski definition) is 1. The summed E-state index contributed by atoms with van der Waals surface area (Å²) in [6.07, 6.45) is 1.70. The van der Waals surface area contributed by atoms with E-state index in [4.69, 9.17) is 0 Å². The minimum absolute atomic E-state index is 0.118. The molecule has 10 heteroatoms. The highest BCUT2D eigenvalue weighted by Crippen LogP contribution is 2.40. The highest BCUT2D eigenvalue weighted by molar-refractivity contribution is 6.46. The number of nitro benzene ring substituents is 1. The van der Waals surface area contributed by atoms with Gasteiger partial charge in [-0.2, -0.15) is 0 Å². The third kappa shape index (κ3) is 3.85. The number of likely N-dealkylation sites (N-methyl/N-ethyl adjacent to an activating group) is 1. The number of aliphatic hydroxyl groups excluding tert-OH is 1. The van der Waals surface area contributed by atoms with E-state index >= 15 is 0 Å². The Morgan fingerprint density at radius 1 is 1.21 bits per heavy atom. The summed E-state index contributed by atoms with van der Waals surface area (Å²) < 4.78 is 1.64. The van der Waals surface area contributed by atoms with Crippen LogP contribution in [0, 0.1) is 17.0 Å². The molecule has 33 heavy (non-hydrogen) atoms. The molecule has 1 aliphatic heterocycles. The Balaban J connectivity index is 1.95. The van der Waals surface area contributed by atoms with Crippen molar-refractivity contribution in [1.82, 2.24) is 19.2 Å². The van der Waals surface area contributed by atoms with E-state index in [0.717, 1.165) is 0 Å². The van der Waals surface area contributed by atoms with E-state index in [9.17, 15) is 24.8 Å². The van der Waals surface area contributed by atoms with Gasteiger partial charge >= 0.3 is 0 Å². The first-order valence-electron chi connectivity index (χ1n) is 10.3. The van der Waals surface area contributed by atoms with Gasteiger partial charge in [0.05, 0.1) is 22.2 Å². The maximum atomic E-state index is 13.2.